The number of alkyl carbamates (subject to hydrolysis) is 1. The molecular formula is C11H13ClN2O2S. The van der Waals surface area contributed by atoms with Crippen molar-refractivity contribution in [1.29, 1.82) is 0 Å². The van der Waals surface area contributed by atoms with Gasteiger partial charge in [0.15, 0.2) is 5.11 Å². The molecule has 0 heterocycles. The molecule has 0 aromatic heterocycles. The average Bonchev–Trinajstić information content (AvgIpc) is 2.25. The predicted octanol–water partition coefficient (Wildman–Crippen LogP) is 3.09. The molecule has 0 spiro atoms. The Labute approximate surface area is 110 Å². The molecule has 0 aliphatic heterocycles. The lowest BCUT2D eigenvalue weighted by Gasteiger charge is -2.12. The zero-order chi connectivity index (χ0) is 12.8. The number of thiocarbonyl (C=S) groups is 1. The van der Waals surface area contributed by atoms with E-state index in [9.17, 15) is 4.79 Å². The standard InChI is InChI=1S/C11H13ClN2O2S/c1-3-16-11(15)14-10(17)13-9-6-4-5-8(12)7(9)2/h4-6H,3H2,1-2H3,(H2,13,14,15,17). The molecule has 1 aromatic carbocycles. The van der Waals surface area contributed by atoms with Gasteiger partial charge >= 0.3 is 6.09 Å². The van der Waals surface area contributed by atoms with E-state index in [1.54, 1.807) is 19.1 Å². The van der Waals surface area contributed by atoms with Gasteiger partial charge in [-0.3, -0.25) is 5.32 Å². The first-order valence-electron chi connectivity index (χ1n) is 5.04. The molecule has 0 bridgehead atoms. The molecule has 1 aromatic rings. The fourth-order valence-electron chi connectivity index (χ4n) is 1.16. The first kappa shape index (κ1) is 13.7. The Kier molecular flexibility index (Phi) is 5.18. The van der Waals surface area contributed by atoms with Crippen LogP contribution in [0.2, 0.25) is 5.02 Å². The second-order valence-corrected chi connectivity index (χ2v) is 4.03. The summed E-state index contributed by atoms with van der Waals surface area (Å²) in [6.45, 7) is 3.87. The van der Waals surface area contributed by atoms with Crippen molar-refractivity contribution in [3.05, 3.63) is 28.8 Å². The number of amides is 1. The average molecular weight is 273 g/mol. The van der Waals surface area contributed by atoms with Gasteiger partial charge in [0.1, 0.15) is 0 Å². The summed E-state index contributed by atoms with van der Waals surface area (Å²) < 4.78 is 4.70. The Morgan fingerprint density at radius 1 is 1.53 bits per heavy atom. The van der Waals surface area contributed by atoms with E-state index in [4.69, 9.17) is 28.6 Å². The van der Waals surface area contributed by atoms with Crippen molar-refractivity contribution >= 4 is 40.7 Å². The number of benzene rings is 1. The van der Waals surface area contributed by atoms with Crippen molar-refractivity contribution in [2.45, 2.75) is 13.8 Å². The predicted molar refractivity (Wildman–Crippen MR) is 72.6 cm³/mol. The number of hydrogen-bond acceptors (Lipinski definition) is 3. The molecule has 92 valence electrons. The molecule has 0 saturated heterocycles. The molecule has 0 aliphatic carbocycles. The van der Waals surface area contributed by atoms with Crippen molar-refractivity contribution < 1.29 is 9.53 Å². The Balaban J connectivity index is 2.62. The topological polar surface area (TPSA) is 50.4 Å². The third-order valence-corrected chi connectivity index (χ3v) is 2.62. The summed E-state index contributed by atoms with van der Waals surface area (Å²) in [5.74, 6) is 0. The number of nitrogens with one attached hydrogen (secondary N) is 2. The number of carbonyl (C=O) groups excluding carboxylic acids is 1. The van der Waals surface area contributed by atoms with Crippen molar-refractivity contribution in [1.82, 2.24) is 5.32 Å². The van der Waals surface area contributed by atoms with Crippen LogP contribution in [-0.2, 0) is 4.74 Å². The van der Waals surface area contributed by atoms with Gasteiger partial charge in [0.2, 0.25) is 0 Å². The van der Waals surface area contributed by atoms with Crippen LogP contribution in [0.3, 0.4) is 0 Å². The maximum absolute atomic E-state index is 11.1. The molecule has 2 N–H and O–H groups in total. The van der Waals surface area contributed by atoms with Crippen LogP contribution in [0.25, 0.3) is 0 Å². The molecule has 1 amide bonds. The van der Waals surface area contributed by atoms with E-state index in [1.807, 2.05) is 13.0 Å². The second-order valence-electron chi connectivity index (χ2n) is 3.21. The maximum atomic E-state index is 11.1. The summed E-state index contributed by atoms with van der Waals surface area (Å²) in [6, 6.07) is 5.40. The lowest BCUT2D eigenvalue weighted by Crippen LogP contribution is -2.34. The fraction of sp³-hybridized carbons (Fsp3) is 0.273. The highest BCUT2D eigenvalue weighted by molar-refractivity contribution is 7.80. The lowest BCUT2D eigenvalue weighted by atomic mass is 10.2. The number of hydrogen-bond donors (Lipinski definition) is 2. The Bertz CT molecular complexity index is 437. The fourth-order valence-corrected chi connectivity index (χ4v) is 1.52. The third kappa shape index (κ3) is 4.20. The molecule has 6 heteroatoms. The van der Waals surface area contributed by atoms with Crippen molar-refractivity contribution in [3.63, 3.8) is 0 Å². The zero-order valence-corrected chi connectivity index (χ0v) is 11.1. The molecule has 0 radical (unpaired) electrons. The van der Waals surface area contributed by atoms with Crippen LogP contribution in [0.5, 0.6) is 0 Å². The van der Waals surface area contributed by atoms with Gasteiger partial charge in [0.25, 0.3) is 0 Å². The van der Waals surface area contributed by atoms with E-state index in [1.165, 1.54) is 0 Å². The van der Waals surface area contributed by atoms with Crippen molar-refractivity contribution in [3.8, 4) is 0 Å². The van der Waals surface area contributed by atoms with Crippen LogP contribution in [0.15, 0.2) is 18.2 Å². The van der Waals surface area contributed by atoms with Gasteiger partial charge in [0.05, 0.1) is 6.61 Å². The van der Waals surface area contributed by atoms with Crippen LogP contribution < -0.4 is 10.6 Å². The van der Waals surface area contributed by atoms with Crippen LogP contribution in [0.1, 0.15) is 12.5 Å². The highest BCUT2D eigenvalue weighted by atomic mass is 35.5. The Morgan fingerprint density at radius 3 is 2.88 bits per heavy atom. The van der Waals surface area contributed by atoms with E-state index in [0.29, 0.717) is 11.6 Å². The highest BCUT2D eigenvalue weighted by Crippen LogP contribution is 2.22. The van der Waals surface area contributed by atoms with E-state index in [0.717, 1.165) is 11.3 Å². The van der Waals surface area contributed by atoms with Gasteiger partial charge < -0.3 is 10.1 Å². The van der Waals surface area contributed by atoms with Gasteiger partial charge in [-0.15, -0.1) is 0 Å². The smallest absolute Gasteiger partial charge is 0.413 e. The molecule has 0 atom stereocenters. The monoisotopic (exact) mass is 272 g/mol. The number of ether oxygens (including phenoxy) is 1. The van der Waals surface area contributed by atoms with Crippen molar-refractivity contribution in [2.75, 3.05) is 11.9 Å². The number of carbonyl (C=O) groups is 1. The zero-order valence-electron chi connectivity index (χ0n) is 9.54. The number of rotatable bonds is 2. The molecule has 17 heavy (non-hydrogen) atoms. The van der Waals surface area contributed by atoms with Crippen LogP contribution in [-0.4, -0.2) is 17.8 Å². The minimum Gasteiger partial charge on any atom is -0.450 e. The largest absolute Gasteiger partial charge is 0.450 e. The quantitative estimate of drug-likeness (QED) is 0.813. The van der Waals surface area contributed by atoms with Gasteiger partial charge in [-0.1, -0.05) is 17.7 Å². The molecular weight excluding hydrogens is 260 g/mol. The van der Waals surface area contributed by atoms with Gasteiger partial charge in [0, 0.05) is 10.7 Å². The summed E-state index contributed by atoms with van der Waals surface area (Å²) >= 11 is 10.9. The number of halogens is 1. The van der Waals surface area contributed by atoms with Gasteiger partial charge in [-0.2, -0.15) is 0 Å². The van der Waals surface area contributed by atoms with E-state index >= 15 is 0 Å². The first-order chi connectivity index (χ1) is 8.04. The Hall–Kier alpha value is -1.33. The van der Waals surface area contributed by atoms with Crippen LogP contribution >= 0.6 is 23.8 Å². The minimum atomic E-state index is -0.579. The van der Waals surface area contributed by atoms with Crippen LogP contribution in [0, 0.1) is 6.92 Å². The molecule has 0 saturated carbocycles. The summed E-state index contributed by atoms with van der Waals surface area (Å²) in [5.41, 5.74) is 1.61. The summed E-state index contributed by atoms with van der Waals surface area (Å²) in [4.78, 5) is 11.1. The molecule has 0 aliphatic rings. The normalized spacial score (nSPS) is 9.59. The maximum Gasteiger partial charge on any atom is 0.413 e. The summed E-state index contributed by atoms with van der Waals surface area (Å²) in [6.07, 6.45) is -0.579. The highest BCUT2D eigenvalue weighted by Gasteiger charge is 2.07. The Morgan fingerprint density at radius 2 is 2.24 bits per heavy atom. The molecule has 4 nitrogen and oxygen atoms in total. The van der Waals surface area contributed by atoms with Crippen LogP contribution in [0.4, 0.5) is 10.5 Å². The van der Waals surface area contributed by atoms with Gasteiger partial charge in [-0.25, -0.2) is 4.79 Å². The van der Waals surface area contributed by atoms with Gasteiger partial charge in [-0.05, 0) is 43.8 Å². The summed E-state index contributed by atoms with van der Waals surface area (Å²) in [7, 11) is 0. The second kappa shape index (κ2) is 6.42. The molecule has 0 fully saturated rings. The summed E-state index contributed by atoms with van der Waals surface area (Å²) in [5, 5.41) is 6.08. The lowest BCUT2D eigenvalue weighted by molar-refractivity contribution is 0.158. The number of anilines is 1. The molecule has 1 rings (SSSR count). The first-order valence-corrected chi connectivity index (χ1v) is 5.83. The minimum absolute atomic E-state index is 0.175. The third-order valence-electron chi connectivity index (χ3n) is 2.01. The van der Waals surface area contributed by atoms with E-state index in [2.05, 4.69) is 10.6 Å². The van der Waals surface area contributed by atoms with Crippen molar-refractivity contribution in [2.24, 2.45) is 0 Å². The SMILES string of the molecule is CCOC(=O)NC(=S)Nc1cccc(Cl)c1C. The van der Waals surface area contributed by atoms with E-state index in [-0.39, 0.29) is 5.11 Å². The van der Waals surface area contributed by atoms with E-state index < -0.39 is 6.09 Å². The molecule has 0 unspecified atom stereocenters.